The van der Waals surface area contributed by atoms with Gasteiger partial charge in [0.05, 0.1) is 17.9 Å². The molecule has 1 atom stereocenters. The van der Waals surface area contributed by atoms with Gasteiger partial charge in [-0.15, -0.1) is 5.10 Å². The van der Waals surface area contributed by atoms with Crippen LogP contribution in [0.3, 0.4) is 0 Å². The summed E-state index contributed by atoms with van der Waals surface area (Å²) in [6, 6.07) is 7.73. The van der Waals surface area contributed by atoms with Gasteiger partial charge >= 0.3 is 0 Å². The van der Waals surface area contributed by atoms with E-state index >= 15 is 0 Å². The number of nitrogens with zero attached hydrogens (tertiary/aromatic N) is 4. The van der Waals surface area contributed by atoms with E-state index in [1.165, 1.54) is 11.8 Å². The van der Waals surface area contributed by atoms with Gasteiger partial charge < -0.3 is 10.1 Å². The molecule has 2 aromatic rings. The van der Waals surface area contributed by atoms with Crippen molar-refractivity contribution in [3.05, 3.63) is 24.3 Å². The maximum Gasteiger partial charge on any atom is 0.237 e. The van der Waals surface area contributed by atoms with Gasteiger partial charge in [-0.25, -0.2) is 4.68 Å². The van der Waals surface area contributed by atoms with E-state index in [0.29, 0.717) is 17.8 Å². The zero-order valence-electron chi connectivity index (χ0n) is 13.1. The molecule has 0 saturated heterocycles. The van der Waals surface area contributed by atoms with Crippen LogP contribution in [0.1, 0.15) is 32.7 Å². The van der Waals surface area contributed by atoms with Crippen LogP contribution in [-0.2, 0) is 4.79 Å². The van der Waals surface area contributed by atoms with E-state index in [1.54, 1.807) is 0 Å². The molecule has 7 nitrogen and oxygen atoms in total. The summed E-state index contributed by atoms with van der Waals surface area (Å²) in [6.07, 6.45) is 2.21. The van der Waals surface area contributed by atoms with Crippen molar-refractivity contribution in [3.8, 4) is 5.75 Å². The first-order valence-corrected chi connectivity index (χ1v) is 8.53. The fraction of sp³-hybridized carbons (Fsp3) is 0.467. The minimum atomic E-state index is -0.287. The molecule has 1 aliphatic rings. The summed E-state index contributed by atoms with van der Waals surface area (Å²) in [4.78, 5) is 12.3. The second-order valence-electron chi connectivity index (χ2n) is 5.34. The molecule has 1 heterocycles. The number of tetrazole rings is 1. The summed E-state index contributed by atoms with van der Waals surface area (Å²) in [5.74, 6) is 0.709. The highest BCUT2D eigenvalue weighted by atomic mass is 32.2. The van der Waals surface area contributed by atoms with Crippen molar-refractivity contribution in [1.29, 1.82) is 0 Å². The second kappa shape index (κ2) is 6.99. The fourth-order valence-corrected chi connectivity index (χ4v) is 2.93. The zero-order valence-corrected chi connectivity index (χ0v) is 13.9. The Morgan fingerprint density at radius 3 is 2.83 bits per heavy atom. The number of amides is 1. The number of hydrogen-bond acceptors (Lipinski definition) is 6. The van der Waals surface area contributed by atoms with Gasteiger partial charge in [-0.3, -0.25) is 4.79 Å². The average Bonchev–Trinajstić information content (AvgIpc) is 3.29. The lowest BCUT2D eigenvalue weighted by atomic mass is 10.3. The summed E-state index contributed by atoms with van der Waals surface area (Å²) < 4.78 is 7.19. The zero-order chi connectivity index (χ0) is 16.2. The van der Waals surface area contributed by atoms with Gasteiger partial charge in [0.15, 0.2) is 0 Å². The van der Waals surface area contributed by atoms with Crippen molar-refractivity contribution in [2.24, 2.45) is 0 Å². The minimum Gasteiger partial charge on any atom is -0.494 e. The molecule has 0 radical (unpaired) electrons. The highest BCUT2D eigenvalue weighted by Gasteiger charge is 2.29. The average molecular weight is 333 g/mol. The highest BCUT2D eigenvalue weighted by Crippen LogP contribution is 2.37. The van der Waals surface area contributed by atoms with Gasteiger partial charge in [0, 0.05) is 5.69 Å². The smallest absolute Gasteiger partial charge is 0.237 e. The maximum atomic E-state index is 12.3. The van der Waals surface area contributed by atoms with Crippen LogP contribution in [0.5, 0.6) is 5.75 Å². The minimum absolute atomic E-state index is 0.0792. The van der Waals surface area contributed by atoms with E-state index in [0.717, 1.165) is 24.3 Å². The molecule has 8 heteroatoms. The van der Waals surface area contributed by atoms with E-state index in [2.05, 4.69) is 20.8 Å². The molecule has 1 aromatic heterocycles. The first-order chi connectivity index (χ1) is 11.2. The molecule has 1 fully saturated rings. The van der Waals surface area contributed by atoms with Crippen molar-refractivity contribution in [2.45, 2.75) is 43.1 Å². The molecule has 3 rings (SSSR count). The first-order valence-electron chi connectivity index (χ1n) is 7.65. The number of thioether (sulfide) groups is 1. The Bertz CT molecular complexity index is 669. The first kappa shape index (κ1) is 15.8. The van der Waals surface area contributed by atoms with Crippen LogP contribution in [0, 0.1) is 0 Å². The van der Waals surface area contributed by atoms with Crippen LogP contribution < -0.4 is 10.1 Å². The van der Waals surface area contributed by atoms with Crippen LogP contribution in [-0.4, -0.2) is 38.0 Å². The Hall–Kier alpha value is -2.09. The summed E-state index contributed by atoms with van der Waals surface area (Å²) >= 11 is 1.37. The lowest BCUT2D eigenvalue weighted by molar-refractivity contribution is -0.115. The summed E-state index contributed by atoms with van der Waals surface area (Å²) in [7, 11) is 0. The van der Waals surface area contributed by atoms with E-state index in [1.807, 2.05) is 42.8 Å². The van der Waals surface area contributed by atoms with Gasteiger partial charge in [-0.1, -0.05) is 11.8 Å². The van der Waals surface area contributed by atoms with Gasteiger partial charge in [-0.05, 0) is 61.4 Å². The number of rotatable bonds is 7. The van der Waals surface area contributed by atoms with Gasteiger partial charge in [0.2, 0.25) is 11.1 Å². The van der Waals surface area contributed by atoms with Crippen LogP contribution >= 0.6 is 11.8 Å². The molecule has 1 unspecified atom stereocenters. The summed E-state index contributed by atoms with van der Waals surface area (Å²) in [5.41, 5.74) is 0.743. The molecular weight excluding hydrogens is 314 g/mol. The van der Waals surface area contributed by atoms with E-state index in [4.69, 9.17) is 4.74 Å². The molecule has 0 aliphatic heterocycles. The Kier molecular flexibility index (Phi) is 4.80. The second-order valence-corrected chi connectivity index (χ2v) is 6.65. The van der Waals surface area contributed by atoms with Crippen LogP contribution in [0.15, 0.2) is 29.4 Å². The van der Waals surface area contributed by atoms with Crippen LogP contribution in [0.4, 0.5) is 5.69 Å². The molecule has 0 bridgehead atoms. The molecule has 1 amide bonds. The van der Waals surface area contributed by atoms with Crippen molar-refractivity contribution >= 4 is 23.4 Å². The molecule has 1 saturated carbocycles. The Morgan fingerprint density at radius 1 is 1.43 bits per heavy atom. The Morgan fingerprint density at radius 2 is 2.17 bits per heavy atom. The van der Waals surface area contributed by atoms with Crippen LogP contribution in [0.25, 0.3) is 0 Å². The van der Waals surface area contributed by atoms with Gasteiger partial charge in [0.1, 0.15) is 5.75 Å². The predicted octanol–water partition coefficient (Wildman–Crippen LogP) is 2.53. The van der Waals surface area contributed by atoms with Crippen molar-refractivity contribution in [2.75, 3.05) is 11.9 Å². The maximum absolute atomic E-state index is 12.3. The SMILES string of the molecule is CCOc1ccc(NC(=O)C(C)Sc2nnnn2C2CC2)cc1. The molecule has 1 aromatic carbocycles. The number of carbonyl (C=O) groups is 1. The molecule has 23 heavy (non-hydrogen) atoms. The summed E-state index contributed by atoms with van der Waals surface area (Å²) in [6.45, 7) is 4.40. The van der Waals surface area contributed by atoms with E-state index < -0.39 is 0 Å². The number of hydrogen-bond donors (Lipinski definition) is 1. The molecule has 0 spiro atoms. The predicted molar refractivity (Wildman–Crippen MR) is 87.6 cm³/mol. The number of anilines is 1. The third kappa shape index (κ3) is 4.01. The quantitative estimate of drug-likeness (QED) is 0.784. The van der Waals surface area contributed by atoms with Crippen molar-refractivity contribution in [1.82, 2.24) is 20.2 Å². The van der Waals surface area contributed by atoms with Gasteiger partial charge in [0.25, 0.3) is 0 Å². The number of benzene rings is 1. The Labute approximate surface area is 138 Å². The van der Waals surface area contributed by atoms with Crippen molar-refractivity contribution < 1.29 is 9.53 Å². The molecular formula is C15H19N5O2S. The largest absolute Gasteiger partial charge is 0.494 e. The molecule has 1 N–H and O–H groups in total. The molecule has 122 valence electrons. The normalized spacial score (nSPS) is 15.2. The number of nitrogens with one attached hydrogen (secondary N) is 1. The fourth-order valence-electron chi connectivity index (χ4n) is 2.07. The van der Waals surface area contributed by atoms with Crippen molar-refractivity contribution in [3.63, 3.8) is 0 Å². The summed E-state index contributed by atoms with van der Waals surface area (Å²) in [5, 5.41) is 15.0. The topological polar surface area (TPSA) is 81.9 Å². The molecule has 1 aliphatic carbocycles. The standard InChI is InChI=1S/C15H19N5O2S/c1-3-22-13-8-4-11(5-9-13)16-14(21)10(2)23-15-17-18-19-20(15)12-6-7-12/h4-5,8-10,12H,3,6-7H2,1-2H3,(H,16,21). The van der Waals surface area contributed by atoms with E-state index in [-0.39, 0.29) is 11.2 Å². The van der Waals surface area contributed by atoms with Gasteiger partial charge in [-0.2, -0.15) is 0 Å². The number of aromatic nitrogens is 4. The monoisotopic (exact) mass is 333 g/mol. The third-order valence-electron chi connectivity index (χ3n) is 3.44. The van der Waals surface area contributed by atoms with E-state index in [9.17, 15) is 4.79 Å². The van der Waals surface area contributed by atoms with Crippen LogP contribution in [0.2, 0.25) is 0 Å². The lowest BCUT2D eigenvalue weighted by Crippen LogP contribution is -2.23. The third-order valence-corrected chi connectivity index (χ3v) is 4.49. The lowest BCUT2D eigenvalue weighted by Gasteiger charge is -2.12. The number of ether oxygens (including phenoxy) is 1. The number of carbonyl (C=O) groups excluding carboxylic acids is 1. The Balaban J connectivity index is 1.57. The highest BCUT2D eigenvalue weighted by molar-refractivity contribution is 8.00.